The van der Waals surface area contributed by atoms with Crippen LogP contribution in [0.2, 0.25) is 0 Å². The number of carbonyl (C=O) groups is 1. The first-order valence-corrected chi connectivity index (χ1v) is 7.80. The maximum absolute atomic E-state index is 12.0. The molecule has 1 heterocycles. The Kier molecular flexibility index (Phi) is 5.49. The number of amides is 1. The van der Waals surface area contributed by atoms with Crippen molar-refractivity contribution in [2.45, 2.75) is 47.0 Å². The smallest absolute Gasteiger partial charge is 0.222 e. The molecule has 17 heavy (non-hydrogen) atoms. The van der Waals surface area contributed by atoms with Gasteiger partial charge < -0.3 is 4.90 Å². The van der Waals surface area contributed by atoms with Gasteiger partial charge in [0.1, 0.15) is 0 Å². The maximum atomic E-state index is 12.0. The standard InChI is InChI=1S/C14H26BrNO/c1-11(9-15)10-16-8-7-12(14(2,3)4)5-6-13(16)17/h11-12H,5-10H2,1-4H3. The summed E-state index contributed by atoms with van der Waals surface area (Å²) in [7, 11) is 0. The third kappa shape index (κ3) is 4.61. The summed E-state index contributed by atoms with van der Waals surface area (Å²) < 4.78 is 0. The SMILES string of the molecule is CC(CBr)CN1CCC(C(C)(C)C)CCC1=O. The van der Waals surface area contributed by atoms with Gasteiger partial charge in [0.15, 0.2) is 0 Å². The summed E-state index contributed by atoms with van der Waals surface area (Å²) in [6, 6.07) is 0. The predicted molar refractivity (Wildman–Crippen MR) is 76.3 cm³/mol. The molecule has 2 atom stereocenters. The molecule has 1 amide bonds. The molecule has 0 N–H and O–H groups in total. The number of likely N-dealkylation sites (tertiary alicyclic amines) is 1. The lowest BCUT2D eigenvalue weighted by atomic mass is 9.77. The van der Waals surface area contributed by atoms with E-state index in [1.165, 1.54) is 0 Å². The van der Waals surface area contributed by atoms with Crippen LogP contribution in [0.15, 0.2) is 0 Å². The molecular weight excluding hydrogens is 278 g/mol. The Morgan fingerprint density at radius 3 is 2.59 bits per heavy atom. The van der Waals surface area contributed by atoms with Crippen molar-refractivity contribution in [1.29, 1.82) is 0 Å². The Hall–Kier alpha value is -0.0500. The zero-order valence-corrected chi connectivity index (χ0v) is 13.2. The van der Waals surface area contributed by atoms with E-state index >= 15 is 0 Å². The van der Waals surface area contributed by atoms with Crippen molar-refractivity contribution in [2.75, 3.05) is 18.4 Å². The Bertz CT molecular complexity index is 259. The molecule has 0 spiro atoms. The second-order valence-electron chi connectivity index (χ2n) is 6.49. The van der Waals surface area contributed by atoms with Crippen molar-refractivity contribution in [1.82, 2.24) is 4.90 Å². The minimum Gasteiger partial charge on any atom is -0.342 e. The van der Waals surface area contributed by atoms with Crippen molar-refractivity contribution in [3.05, 3.63) is 0 Å². The van der Waals surface area contributed by atoms with Crippen LogP contribution >= 0.6 is 15.9 Å². The van der Waals surface area contributed by atoms with E-state index in [0.29, 0.717) is 23.2 Å². The van der Waals surface area contributed by atoms with Crippen LogP contribution in [-0.4, -0.2) is 29.2 Å². The van der Waals surface area contributed by atoms with E-state index in [4.69, 9.17) is 0 Å². The van der Waals surface area contributed by atoms with Gasteiger partial charge in [-0.2, -0.15) is 0 Å². The first-order valence-electron chi connectivity index (χ1n) is 6.68. The molecule has 1 fully saturated rings. The molecule has 2 nitrogen and oxygen atoms in total. The molecule has 1 saturated heterocycles. The lowest BCUT2D eigenvalue weighted by Crippen LogP contribution is -2.34. The Morgan fingerprint density at radius 2 is 2.06 bits per heavy atom. The quantitative estimate of drug-likeness (QED) is 0.728. The summed E-state index contributed by atoms with van der Waals surface area (Å²) in [5.74, 6) is 1.57. The molecule has 2 unspecified atom stereocenters. The number of halogens is 1. The monoisotopic (exact) mass is 303 g/mol. The third-order valence-corrected chi connectivity index (χ3v) is 4.93. The van der Waals surface area contributed by atoms with Gasteiger partial charge in [0, 0.05) is 24.8 Å². The number of hydrogen-bond acceptors (Lipinski definition) is 1. The molecule has 3 heteroatoms. The molecule has 1 aliphatic heterocycles. The van der Waals surface area contributed by atoms with E-state index < -0.39 is 0 Å². The van der Waals surface area contributed by atoms with E-state index in [9.17, 15) is 4.79 Å². The third-order valence-electron chi connectivity index (χ3n) is 3.83. The van der Waals surface area contributed by atoms with Gasteiger partial charge in [0.05, 0.1) is 0 Å². The van der Waals surface area contributed by atoms with Crippen LogP contribution in [0.1, 0.15) is 47.0 Å². The number of hydrogen-bond donors (Lipinski definition) is 0. The Morgan fingerprint density at radius 1 is 1.41 bits per heavy atom. The lowest BCUT2D eigenvalue weighted by molar-refractivity contribution is -0.131. The van der Waals surface area contributed by atoms with Crippen molar-refractivity contribution in [2.24, 2.45) is 17.3 Å². The number of alkyl halides is 1. The molecule has 1 rings (SSSR count). The molecule has 0 aromatic rings. The zero-order chi connectivity index (χ0) is 13.1. The Labute approximate surface area is 114 Å². The number of rotatable bonds is 3. The average Bonchev–Trinajstić information content (AvgIpc) is 2.41. The van der Waals surface area contributed by atoms with Crippen molar-refractivity contribution in [3.8, 4) is 0 Å². The van der Waals surface area contributed by atoms with Crippen molar-refractivity contribution < 1.29 is 4.79 Å². The fraction of sp³-hybridized carbons (Fsp3) is 0.929. The molecule has 0 radical (unpaired) electrons. The average molecular weight is 304 g/mol. The summed E-state index contributed by atoms with van der Waals surface area (Å²) in [5.41, 5.74) is 0.331. The molecule has 1 aliphatic rings. The minimum atomic E-state index is 0.331. The van der Waals surface area contributed by atoms with E-state index in [2.05, 4.69) is 48.5 Å². The van der Waals surface area contributed by atoms with Gasteiger partial charge in [0.2, 0.25) is 5.91 Å². The van der Waals surface area contributed by atoms with E-state index in [-0.39, 0.29) is 0 Å². The highest BCUT2D eigenvalue weighted by molar-refractivity contribution is 9.09. The molecule has 0 aromatic heterocycles. The van der Waals surface area contributed by atoms with E-state index in [1.807, 2.05) is 0 Å². The van der Waals surface area contributed by atoms with Crippen LogP contribution < -0.4 is 0 Å². The van der Waals surface area contributed by atoms with Crippen molar-refractivity contribution in [3.63, 3.8) is 0 Å². The topological polar surface area (TPSA) is 20.3 Å². The van der Waals surface area contributed by atoms with Gasteiger partial charge in [-0.15, -0.1) is 0 Å². The van der Waals surface area contributed by atoms with Crippen LogP contribution in [0.5, 0.6) is 0 Å². The number of nitrogens with zero attached hydrogens (tertiary/aromatic N) is 1. The predicted octanol–water partition coefficient (Wildman–Crippen LogP) is 3.69. The summed E-state index contributed by atoms with van der Waals surface area (Å²) in [6.45, 7) is 10.9. The summed E-state index contributed by atoms with van der Waals surface area (Å²) in [6.07, 6.45) is 2.95. The fourth-order valence-electron chi connectivity index (χ4n) is 2.52. The van der Waals surface area contributed by atoms with Gasteiger partial charge >= 0.3 is 0 Å². The largest absolute Gasteiger partial charge is 0.342 e. The molecule has 0 aliphatic carbocycles. The molecule has 0 aromatic carbocycles. The van der Waals surface area contributed by atoms with Gasteiger partial charge in [-0.3, -0.25) is 4.79 Å². The first kappa shape index (κ1) is 15.0. The van der Waals surface area contributed by atoms with Gasteiger partial charge in [-0.05, 0) is 30.1 Å². The van der Waals surface area contributed by atoms with Crippen LogP contribution in [0.25, 0.3) is 0 Å². The first-order chi connectivity index (χ1) is 7.84. The van der Waals surface area contributed by atoms with Crippen LogP contribution in [0, 0.1) is 17.3 Å². The summed E-state index contributed by atoms with van der Waals surface area (Å²) in [4.78, 5) is 14.1. The second kappa shape index (κ2) is 6.21. The highest BCUT2D eigenvalue weighted by Crippen LogP contribution is 2.34. The van der Waals surface area contributed by atoms with E-state index in [1.54, 1.807) is 0 Å². The van der Waals surface area contributed by atoms with Crippen LogP contribution in [0.4, 0.5) is 0 Å². The highest BCUT2D eigenvalue weighted by atomic mass is 79.9. The molecule has 0 saturated carbocycles. The van der Waals surface area contributed by atoms with Gasteiger partial charge in [0.25, 0.3) is 0 Å². The Balaban J connectivity index is 2.58. The normalized spacial score (nSPS) is 24.6. The molecular formula is C14H26BrNO. The highest BCUT2D eigenvalue weighted by Gasteiger charge is 2.30. The second-order valence-corrected chi connectivity index (χ2v) is 7.14. The van der Waals surface area contributed by atoms with Gasteiger partial charge in [-0.25, -0.2) is 0 Å². The van der Waals surface area contributed by atoms with E-state index in [0.717, 1.165) is 37.7 Å². The lowest BCUT2D eigenvalue weighted by Gasteiger charge is -2.30. The summed E-state index contributed by atoms with van der Waals surface area (Å²) in [5, 5.41) is 0.972. The fourth-order valence-corrected chi connectivity index (χ4v) is 2.73. The molecule has 0 bridgehead atoms. The van der Waals surface area contributed by atoms with Crippen molar-refractivity contribution >= 4 is 21.8 Å². The van der Waals surface area contributed by atoms with Gasteiger partial charge in [-0.1, -0.05) is 43.6 Å². The summed E-state index contributed by atoms with van der Waals surface area (Å²) >= 11 is 3.49. The number of carbonyl (C=O) groups excluding carboxylic acids is 1. The van der Waals surface area contributed by atoms with Crippen LogP contribution in [-0.2, 0) is 4.79 Å². The van der Waals surface area contributed by atoms with Crippen LogP contribution in [0.3, 0.4) is 0 Å². The zero-order valence-electron chi connectivity index (χ0n) is 11.6. The molecule has 100 valence electrons. The minimum absolute atomic E-state index is 0.331. The maximum Gasteiger partial charge on any atom is 0.222 e.